The Morgan fingerprint density at radius 1 is 1.06 bits per heavy atom. The summed E-state index contributed by atoms with van der Waals surface area (Å²) in [4.78, 5) is 22.3. The standard InChI is InChI=1S/C29H38F2N4O/c1-32(2)16-8-15-29(23-9-6-5-7-10-23)20-22(26-19-24(30)11-12-27(26)31)21-35(29)28(36)34(4)25-13-17-33(3)18-14-25/h5-7,9-12,19-20,25H,8,13-18,21H2,1-4H3. The van der Waals surface area contributed by atoms with E-state index in [1.165, 1.54) is 6.07 Å². The number of halogens is 2. The maximum absolute atomic E-state index is 14.9. The van der Waals surface area contributed by atoms with Crippen LogP contribution in [0.5, 0.6) is 0 Å². The van der Waals surface area contributed by atoms with E-state index in [1.807, 2.05) is 67.4 Å². The van der Waals surface area contributed by atoms with Gasteiger partial charge < -0.3 is 19.6 Å². The maximum Gasteiger partial charge on any atom is 0.321 e. The number of amides is 2. The van der Waals surface area contributed by atoms with Crippen molar-refractivity contribution < 1.29 is 13.6 Å². The molecule has 4 rings (SSSR count). The number of rotatable bonds is 7. The van der Waals surface area contributed by atoms with E-state index in [4.69, 9.17) is 0 Å². The van der Waals surface area contributed by atoms with Gasteiger partial charge in [0.25, 0.3) is 0 Å². The van der Waals surface area contributed by atoms with Gasteiger partial charge in [0.2, 0.25) is 0 Å². The average molecular weight is 497 g/mol. The van der Waals surface area contributed by atoms with Crippen LogP contribution in [0.1, 0.15) is 36.8 Å². The molecule has 2 aliphatic rings. The van der Waals surface area contributed by atoms with Crippen LogP contribution in [-0.4, -0.2) is 86.0 Å². The third-order valence-electron chi connectivity index (χ3n) is 7.70. The molecule has 2 aromatic rings. The van der Waals surface area contributed by atoms with Crippen molar-refractivity contribution in [3.63, 3.8) is 0 Å². The lowest BCUT2D eigenvalue weighted by atomic mass is 9.84. The molecule has 0 saturated carbocycles. The molecule has 2 amide bonds. The topological polar surface area (TPSA) is 30.0 Å². The summed E-state index contributed by atoms with van der Waals surface area (Å²) in [5, 5.41) is 0. The van der Waals surface area contributed by atoms with Crippen molar-refractivity contribution in [2.24, 2.45) is 0 Å². The minimum Gasteiger partial charge on any atom is -0.325 e. The van der Waals surface area contributed by atoms with Gasteiger partial charge in [0.1, 0.15) is 11.6 Å². The zero-order valence-electron chi connectivity index (χ0n) is 21.9. The molecule has 2 aromatic carbocycles. The number of piperidine rings is 1. The van der Waals surface area contributed by atoms with Gasteiger partial charge in [-0.1, -0.05) is 30.3 Å². The van der Waals surface area contributed by atoms with Gasteiger partial charge in [0.15, 0.2) is 0 Å². The van der Waals surface area contributed by atoms with Gasteiger partial charge in [-0.2, -0.15) is 0 Å². The molecule has 0 aromatic heterocycles. The number of carbonyl (C=O) groups is 1. The molecule has 1 saturated heterocycles. The van der Waals surface area contributed by atoms with E-state index in [-0.39, 0.29) is 24.2 Å². The van der Waals surface area contributed by atoms with Gasteiger partial charge in [-0.3, -0.25) is 0 Å². The lowest BCUT2D eigenvalue weighted by molar-refractivity contribution is 0.0934. The molecule has 1 atom stereocenters. The normalized spacial score (nSPS) is 21.2. The van der Waals surface area contributed by atoms with Crippen molar-refractivity contribution in [2.75, 3.05) is 54.4 Å². The van der Waals surface area contributed by atoms with Crippen LogP contribution in [0.4, 0.5) is 13.6 Å². The summed E-state index contributed by atoms with van der Waals surface area (Å²) in [6.07, 6.45) is 5.38. The molecule has 0 N–H and O–H groups in total. The molecule has 1 fully saturated rings. The van der Waals surface area contributed by atoms with Crippen LogP contribution >= 0.6 is 0 Å². The largest absolute Gasteiger partial charge is 0.325 e. The number of benzene rings is 2. The summed E-state index contributed by atoms with van der Waals surface area (Å²) in [6.45, 7) is 2.99. The lowest BCUT2D eigenvalue weighted by Gasteiger charge is -2.43. The van der Waals surface area contributed by atoms with Gasteiger partial charge in [-0.05, 0) is 102 Å². The predicted molar refractivity (Wildman–Crippen MR) is 141 cm³/mol. The molecule has 5 nitrogen and oxygen atoms in total. The van der Waals surface area contributed by atoms with Crippen LogP contribution in [0.3, 0.4) is 0 Å². The Hall–Kier alpha value is -2.77. The van der Waals surface area contributed by atoms with E-state index >= 15 is 0 Å². The first-order chi connectivity index (χ1) is 17.2. The number of hydrogen-bond acceptors (Lipinski definition) is 3. The zero-order valence-corrected chi connectivity index (χ0v) is 21.9. The van der Waals surface area contributed by atoms with Crippen molar-refractivity contribution in [3.05, 3.63) is 77.4 Å². The van der Waals surface area contributed by atoms with Crippen LogP contribution < -0.4 is 0 Å². The van der Waals surface area contributed by atoms with Crippen molar-refractivity contribution in [1.82, 2.24) is 19.6 Å². The first-order valence-corrected chi connectivity index (χ1v) is 12.8. The third-order valence-corrected chi connectivity index (χ3v) is 7.70. The van der Waals surface area contributed by atoms with E-state index < -0.39 is 17.2 Å². The molecule has 0 spiro atoms. The smallest absolute Gasteiger partial charge is 0.321 e. The third kappa shape index (κ3) is 5.47. The Bertz CT molecular complexity index is 1080. The fourth-order valence-electron chi connectivity index (χ4n) is 5.58. The van der Waals surface area contributed by atoms with Gasteiger partial charge in [-0.25, -0.2) is 13.6 Å². The Morgan fingerprint density at radius 2 is 1.75 bits per heavy atom. The quantitative estimate of drug-likeness (QED) is 0.538. The molecule has 36 heavy (non-hydrogen) atoms. The minimum absolute atomic E-state index is 0.0682. The van der Waals surface area contributed by atoms with Gasteiger partial charge in [-0.15, -0.1) is 0 Å². The molecule has 2 aliphatic heterocycles. The van der Waals surface area contributed by atoms with Crippen molar-refractivity contribution >= 4 is 11.6 Å². The van der Waals surface area contributed by atoms with E-state index in [9.17, 15) is 13.6 Å². The Kier molecular flexibility index (Phi) is 8.10. The van der Waals surface area contributed by atoms with Crippen LogP contribution in [0.2, 0.25) is 0 Å². The SMILES string of the molecule is CN(C)CCCC1(c2ccccc2)C=C(c2cc(F)ccc2F)CN1C(=O)N(C)C1CCN(C)CC1. The molecule has 1 unspecified atom stereocenters. The fourth-order valence-corrected chi connectivity index (χ4v) is 5.58. The summed E-state index contributed by atoms with van der Waals surface area (Å²) in [5.41, 5.74) is 1.11. The van der Waals surface area contributed by atoms with Crippen LogP contribution in [0, 0.1) is 11.6 Å². The average Bonchev–Trinajstić information content (AvgIpc) is 3.26. The summed E-state index contributed by atoms with van der Waals surface area (Å²) in [7, 11) is 8.05. The highest BCUT2D eigenvalue weighted by Gasteiger charge is 2.46. The van der Waals surface area contributed by atoms with E-state index in [1.54, 1.807) is 0 Å². The molecule has 0 radical (unpaired) electrons. The highest BCUT2D eigenvalue weighted by atomic mass is 19.1. The molecule has 0 bridgehead atoms. The van der Waals surface area contributed by atoms with Crippen molar-refractivity contribution in [1.29, 1.82) is 0 Å². The van der Waals surface area contributed by atoms with Crippen LogP contribution in [0.25, 0.3) is 5.57 Å². The molecule has 0 aliphatic carbocycles. The van der Waals surface area contributed by atoms with Gasteiger partial charge in [0, 0.05) is 25.2 Å². The van der Waals surface area contributed by atoms with Gasteiger partial charge >= 0.3 is 6.03 Å². The Labute approximate surface area is 214 Å². The highest BCUT2D eigenvalue weighted by Crippen LogP contribution is 2.44. The number of carbonyl (C=O) groups excluding carboxylic acids is 1. The summed E-state index contributed by atoms with van der Waals surface area (Å²) in [6, 6.07) is 13.6. The summed E-state index contributed by atoms with van der Waals surface area (Å²) in [5.74, 6) is -0.964. The molecule has 7 heteroatoms. The number of urea groups is 1. The molecular weight excluding hydrogens is 458 g/mol. The second-order valence-electron chi connectivity index (χ2n) is 10.5. The van der Waals surface area contributed by atoms with E-state index in [0.29, 0.717) is 12.0 Å². The predicted octanol–water partition coefficient (Wildman–Crippen LogP) is 5.05. The first kappa shape index (κ1) is 26.3. The van der Waals surface area contributed by atoms with E-state index in [0.717, 1.165) is 56.6 Å². The second kappa shape index (κ2) is 11.1. The molecule has 194 valence electrons. The first-order valence-electron chi connectivity index (χ1n) is 12.8. The maximum atomic E-state index is 14.9. The molecular formula is C29H38F2N4O. The van der Waals surface area contributed by atoms with Gasteiger partial charge in [0.05, 0.1) is 5.54 Å². The van der Waals surface area contributed by atoms with Crippen molar-refractivity contribution in [2.45, 2.75) is 37.3 Å². The minimum atomic E-state index is -0.748. The zero-order chi connectivity index (χ0) is 25.9. The summed E-state index contributed by atoms with van der Waals surface area (Å²) < 4.78 is 29.1. The number of nitrogens with zero attached hydrogens (tertiary/aromatic N) is 4. The second-order valence-corrected chi connectivity index (χ2v) is 10.5. The van der Waals surface area contributed by atoms with Crippen LogP contribution in [0.15, 0.2) is 54.6 Å². The fraction of sp³-hybridized carbons (Fsp3) is 0.483. The molecule has 2 heterocycles. The lowest BCUT2D eigenvalue weighted by Crippen LogP contribution is -2.54. The van der Waals surface area contributed by atoms with Crippen LogP contribution in [-0.2, 0) is 5.54 Å². The number of hydrogen-bond donors (Lipinski definition) is 0. The Morgan fingerprint density at radius 3 is 2.42 bits per heavy atom. The van der Waals surface area contributed by atoms with Crippen molar-refractivity contribution in [3.8, 4) is 0 Å². The summed E-state index contributed by atoms with van der Waals surface area (Å²) >= 11 is 0. The number of likely N-dealkylation sites (tertiary alicyclic amines) is 1. The Balaban J connectivity index is 1.77. The van der Waals surface area contributed by atoms with E-state index in [2.05, 4.69) is 16.8 Å². The highest BCUT2D eigenvalue weighted by molar-refractivity contribution is 5.83. The monoisotopic (exact) mass is 496 g/mol.